The third kappa shape index (κ3) is 2.80. The van der Waals surface area contributed by atoms with Gasteiger partial charge in [0.1, 0.15) is 12.0 Å². The molecule has 0 saturated heterocycles. The maximum Gasteiger partial charge on any atom is 0.297 e. The van der Waals surface area contributed by atoms with E-state index in [4.69, 9.17) is 9.52 Å². The van der Waals surface area contributed by atoms with Gasteiger partial charge in [0.05, 0.1) is 6.61 Å². The van der Waals surface area contributed by atoms with Crippen LogP contribution in [0, 0.1) is 5.41 Å². The van der Waals surface area contributed by atoms with E-state index < -0.39 is 0 Å². The largest absolute Gasteiger partial charge is 0.432 e. The van der Waals surface area contributed by atoms with Crippen LogP contribution in [0.1, 0.15) is 45.2 Å². The van der Waals surface area contributed by atoms with E-state index in [1.54, 1.807) is 0 Å². The monoisotopic (exact) mass is 238 g/mol. The number of aromatic nitrogens is 1. The highest BCUT2D eigenvalue weighted by Crippen LogP contribution is 2.37. The lowest BCUT2D eigenvalue weighted by molar-refractivity contribution is 0.220. The Kier molecular flexibility index (Phi) is 3.43. The van der Waals surface area contributed by atoms with Gasteiger partial charge < -0.3 is 14.4 Å². The van der Waals surface area contributed by atoms with Crippen LogP contribution in [-0.4, -0.2) is 23.2 Å². The molecule has 0 unspecified atom stereocenters. The average Bonchev–Trinajstić information content (AvgIpc) is 2.76. The zero-order chi connectivity index (χ0) is 12.5. The van der Waals surface area contributed by atoms with Gasteiger partial charge in [0, 0.05) is 13.1 Å². The lowest BCUT2D eigenvalue weighted by Gasteiger charge is -2.37. The topological polar surface area (TPSA) is 49.5 Å². The Morgan fingerprint density at radius 3 is 2.65 bits per heavy atom. The van der Waals surface area contributed by atoms with Crippen molar-refractivity contribution < 1.29 is 9.52 Å². The number of aliphatic hydroxyl groups is 1. The molecule has 4 nitrogen and oxygen atoms in total. The van der Waals surface area contributed by atoms with Gasteiger partial charge in [-0.25, -0.2) is 0 Å². The lowest BCUT2D eigenvalue weighted by Crippen LogP contribution is -2.37. The minimum absolute atomic E-state index is 0.0605. The van der Waals surface area contributed by atoms with Crippen molar-refractivity contribution in [3.05, 3.63) is 12.0 Å². The Labute approximate surface area is 103 Å². The predicted molar refractivity (Wildman–Crippen MR) is 66.9 cm³/mol. The molecule has 1 aliphatic rings. The summed E-state index contributed by atoms with van der Waals surface area (Å²) in [7, 11) is 2.02. The van der Waals surface area contributed by atoms with Crippen LogP contribution in [0.4, 0.5) is 6.01 Å². The van der Waals surface area contributed by atoms with E-state index in [1.807, 2.05) is 7.05 Å². The summed E-state index contributed by atoms with van der Waals surface area (Å²) in [5.74, 6) is 0. The summed E-state index contributed by atoms with van der Waals surface area (Å²) >= 11 is 0. The SMILES string of the molecule is CN(c1nc(CO)co1)C1CCC(C)(C)CC1. The molecular weight excluding hydrogens is 216 g/mol. The second-order valence-electron chi connectivity index (χ2n) is 5.79. The molecule has 1 heterocycles. The maximum atomic E-state index is 8.97. The quantitative estimate of drug-likeness (QED) is 0.879. The molecule has 17 heavy (non-hydrogen) atoms. The van der Waals surface area contributed by atoms with Crippen molar-refractivity contribution in [2.24, 2.45) is 5.41 Å². The summed E-state index contributed by atoms with van der Waals surface area (Å²) < 4.78 is 5.38. The standard InChI is InChI=1S/C13H22N2O2/c1-13(2)6-4-11(5-7-13)15(3)12-14-10(8-16)9-17-12/h9,11,16H,4-8H2,1-3H3. The van der Waals surface area contributed by atoms with Gasteiger partial charge in [0.2, 0.25) is 0 Å². The van der Waals surface area contributed by atoms with Crippen LogP contribution in [0.25, 0.3) is 0 Å². The molecule has 0 aromatic carbocycles. The smallest absolute Gasteiger partial charge is 0.297 e. The average molecular weight is 238 g/mol. The first-order chi connectivity index (χ1) is 8.02. The summed E-state index contributed by atoms with van der Waals surface area (Å²) in [6.45, 7) is 4.60. The molecule has 96 valence electrons. The van der Waals surface area contributed by atoms with Crippen molar-refractivity contribution >= 4 is 6.01 Å². The first kappa shape index (κ1) is 12.4. The molecule has 0 atom stereocenters. The van der Waals surface area contributed by atoms with Crippen molar-refractivity contribution in [3.63, 3.8) is 0 Å². The van der Waals surface area contributed by atoms with Crippen LogP contribution in [-0.2, 0) is 6.61 Å². The van der Waals surface area contributed by atoms with Crippen LogP contribution in [0.3, 0.4) is 0 Å². The van der Waals surface area contributed by atoms with Crippen molar-refractivity contribution in [1.82, 2.24) is 4.98 Å². The van der Waals surface area contributed by atoms with Crippen molar-refractivity contribution in [1.29, 1.82) is 0 Å². The Balaban J connectivity index is 1.98. The number of rotatable bonds is 3. The summed E-state index contributed by atoms with van der Waals surface area (Å²) in [5, 5.41) is 8.97. The van der Waals surface area contributed by atoms with E-state index in [1.165, 1.54) is 31.9 Å². The maximum absolute atomic E-state index is 8.97. The zero-order valence-electron chi connectivity index (χ0n) is 10.9. The van der Waals surface area contributed by atoms with Crippen LogP contribution in [0.15, 0.2) is 10.7 Å². The Hall–Kier alpha value is -1.03. The number of anilines is 1. The van der Waals surface area contributed by atoms with Gasteiger partial charge in [0.25, 0.3) is 6.01 Å². The Bertz CT molecular complexity index is 363. The first-order valence-corrected chi connectivity index (χ1v) is 6.30. The molecule has 0 bridgehead atoms. The highest BCUT2D eigenvalue weighted by Gasteiger charge is 2.30. The fraction of sp³-hybridized carbons (Fsp3) is 0.769. The molecule has 2 rings (SSSR count). The third-order valence-electron chi connectivity index (χ3n) is 3.86. The van der Waals surface area contributed by atoms with Gasteiger partial charge in [-0.15, -0.1) is 0 Å². The van der Waals surface area contributed by atoms with Gasteiger partial charge in [-0.3, -0.25) is 0 Å². The minimum atomic E-state index is -0.0605. The van der Waals surface area contributed by atoms with Gasteiger partial charge in [-0.1, -0.05) is 13.8 Å². The van der Waals surface area contributed by atoms with Crippen molar-refractivity contribution in [2.45, 2.75) is 52.2 Å². The molecule has 1 N–H and O–H groups in total. The molecular formula is C13H22N2O2. The highest BCUT2D eigenvalue weighted by molar-refractivity contribution is 5.27. The fourth-order valence-electron chi connectivity index (χ4n) is 2.46. The predicted octanol–water partition coefficient (Wildman–Crippen LogP) is 2.57. The molecule has 1 fully saturated rings. The number of aliphatic hydroxyl groups excluding tert-OH is 1. The molecule has 1 aromatic rings. The molecule has 1 aliphatic carbocycles. The molecule has 1 aromatic heterocycles. The summed E-state index contributed by atoms with van der Waals surface area (Å²) in [5.41, 5.74) is 1.08. The number of hydrogen-bond donors (Lipinski definition) is 1. The number of hydrogen-bond acceptors (Lipinski definition) is 4. The van der Waals surface area contributed by atoms with Crippen molar-refractivity contribution in [3.8, 4) is 0 Å². The second kappa shape index (κ2) is 4.69. The van der Waals surface area contributed by atoms with E-state index in [0.717, 1.165) is 0 Å². The van der Waals surface area contributed by atoms with Gasteiger partial charge in [-0.2, -0.15) is 4.98 Å². The number of oxazole rings is 1. The molecule has 0 amide bonds. The Morgan fingerprint density at radius 2 is 2.12 bits per heavy atom. The van der Waals surface area contributed by atoms with Gasteiger partial charge in [-0.05, 0) is 31.1 Å². The van der Waals surface area contributed by atoms with Crippen LogP contribution >= 0.6 is 0 Å². The van der Waals surface area contributed by atoms with Crippen LogP contribution in [0.2, 0.25) is 0 Å². The number of nitrogens with zero attached hydrogens (tertiary/aromatic N) is 2. The van der Waals surface area contributed by atoms with Crippen molar-refractivity contribution in [2.75, 3.05) is 11.9 Å². The first-order valence-electron chi connectivity index (χ1n) is 6.30. The molecule has 4 heteroatoms. The third-order valence-corrected chi connectivity index (χ3v) is 3.86. The van der Waals surface area contributed by atoms with Crippen LogP contribution < -0.4 is 4.90 Å². The summed E-state index contributed by atoms with van der Waals surface area (Å²) in [6, 6.07) is 1.13. The van der Waals surface area contributed by atoms with E-state index in [-0.39, 0.29) is 6.61 Å². The molecule has 1 saturated carbocycles. The molecule has 0 aliphatic heterocycles. The normalized spacial score (nSPS) is 20.5. The van der Waals surface area contributed by atoms with Gasteiger partial charge >= 0.3 is 0 Å². The molecule has 0 spiro atoms. The van der Waals surface area contributed by atoms with E-state index in [2.05, 4.69) is 23.7 Å². The minimum Gasteiger partial charge on any atom is -0.432 e. The molecule has 0 radical (unpaired) electrons. The summed E-state index contributed by atoms with van der Waals surface area (Å²) in [4.78, 5) is 6.36. The van der Waals surface area contributed by atoms with Gasteiger partial charge in [0.15, 0.2) is 0 Å². The summed E-state index contributed by atoms with van der Waals surface area (Å²) in [6.07, 6.45) is 6.38. The van der Waals surface area contributed by atoms with E-state index >= 15 is 0 Å². The zero-order valence-corrected chi connectivity index (χ0v) is 10.9. The highest BCUT2D eigenvalue weighted by atomic mass is 16.4. The fourth-order valence-corrected chi connectivity index (χ4v) is 2.46. The Morgan fingerprint density at radius 1 is 1.47 bits per heavy atom. The lowest BCUT2D eigenvalue weighted by atomic mass is 9.75. The second-order valence-corrected chi connectivity index (χ2v) is 5.79. The van der Waals surface area contributed by atoms with E-state index in [9.17, 15) is 0 Å². The van der Waals surface area contributed by atoms with Crippen LogP contribution in [0.5, 0.6) is 0 Å². The van der Waals surface area contributed by atoms with E-state index in [0.29, 0.717) is 23.2 Å².